The summed E-state index contributed by atoms with van der Waals surface area (Å²) in [7, 11) is 3.20. The van der Waals surface area contributed by atoms with Crippen molar-refractivity contribution in [2.45, 2.75) is 24.6 Å². The number of ether oxygens (including phenoxy) is 2. The van der Waals surface area contributed by atoms with Crippen LogP contribution in [0.1, 0.15) is 34.1 Å². The summed E-state index contributed by atoms with van der Waals surface area (Å²) in [6.07, 6.45) is 0. The number of nitrogens with zero attached hydrogens (tertiary/aromatic N) is 2. The smallest absolute Gasteiger partial charge is 0.161 e. The van der Waals surface area contributed by atoms with Crippen LogP contribution in [0.2, 0.25) is 0 Å². The molecule has 130 valence electrons. The van der Waals surface area contributed by atoms with Gasteiger partial charge in [0.25, 0.3) is 0 Å². The average molecular weight is 421 g/mol. The number of halogens is 1. The van der Waals surface area contributed by atoms with Crippen LogP contribution in [0.15, 0.2) is 27.7 Å². The second-order valence-corrected chi connectivity index (χ2v) is 7.05. The first-order valence-electron chi connectivity index (χ1n) is 7.37. The first-order chi connectivity index (χ1) is 11.9. The summed E-state index contributed by atoms with van der Waals surface area (Å²) in [5.41, 5.74) is 2.41. The zero-order valence-electron chi connectivity index (χ0n) is 14.3. The molecule has 1 aromatic heterocycles. The quantitative estimate of drug-likeness (QED) is 0.504. The molecule has 5 nitrogen and oxygen atoms in total. The fourth-order valence-electron chi connectivity index (χ4n) is 2.31. The van der Waals surface area contributed by atoms with E-state index in [-0.39, 0.29) is 5.78 Å². The van der Waals surface area contributed by atoms with Crippen LogP contribution in [0.3, 0.4) is 0 Å². The standard InChI is InChI=1S/C18H17BrN2O3S/c1-10-14(11(2)22)5-12(8-20)18(21-10)25-9-13-6-17(24-4)15(19)7-16(13)23-3/h5-7H,9H2,1-4H3. The largest absolute Gasteiger partial charge is 0.496 e. The molecule has 0 saturated carbocycles. The van der Waals surface area contributed by atoms with Crippen molar-refractivity contribution in [3.63, 3.8) is 0 Å². The molecule has 1 aromatic carbocycles. The molecule has 1 heterocycles. The Morgan fingerprint density at radius 2 is 1.96 bits per heavy atom. The van der Waals surface area contributed by atoms with Gasteiger partial charge in [-0.05, 0) is 48.0 Å². The number of nitriles is 1. The zero-order valence-corrected chi connectivity index (χ0v) is 16.7. The van der Waals surface area contributed by atoms with Crippen LogP contribution in [0.5, 0.6) is 11.5 Å². The third-order valence-electron chi connectivity index (χ3n) is 3.60. The lowest BCUT2D eigenvalue weighted by Gasteiger charge is -2.13. The lowest BCUT2D eigenvalue weighted by atomic mass is 10.1. The summed E-state index contributed by atoms with van der Waals surface area (Å²) >= 11 is 4.85. The Labute approximate surface area is 159 Å². The summed E-state index contributed by atoms with van der Waals surface area (Å²) in [5.74, 6) is 1.87. The van der Waals surface area contributed by atoms with Crippen LogP contribution >= 0.6 is 27.7 Å². The minimum atomic E-state index is -0.0997. The fraction of sp³-hybridized carbons (Fsp3) is 0.278. The van der Waals surface area contributed by atoms with Crippen LogP contribution < -0.4 is 9.47 Å². The number of carbonyl (C=O) groups excluding carboxylic acids is 1. The predicted octanol–water partition coefficient (Wildman–Crippen LogP) is 4.54. The van der Waals surface area contributed by atoms with E-state index in [2.05, 4.69) is 27.0 Å². The van der Waals surface area contributed by atoms with Gasteiger partial charge in [-0.1, -0.05) is 0 Å². The molecule has 0 fully saturated rings. The van der Waals surface area contributed by atoms with Gasteiger partial charge in [0.2, 0.25) is 0 Å². The normalized spacial score (nSPS) is 10.2. The number of thioether (sulfide) groups is 1. The number of carbonyl (C=O) groups is 1. The van der Waals surface area contributed by atoms with Gasteiger partial charge in [-0.15, -0.1) is 11.8 Å². The first-order valence-corrected chi connectivity index (χ1v) is 9.15. The topological polar surface area (TPSA) is 72.2 Å². The molecule has 2 rings (SSSR count). The Kier molecular flexibility index (Phi) is 6.45. The second kappa shape index (κ2) is 8.37. The van der Waals surface area contributed by atoms with Gasteiger partial charge >= 0.3 is 0 Å². The highest BCUT2D eigenvalue weighted by atomic mass is 79.9. The monoisotopic (exact) mass is 420 g/mol. The SMILES string of the molecule is COc1cc(CSc2nc(C)c(C(C)=O)cc2C#N)c(OC)cc1Br. The molecule has 7 heteroatoms. The lowest BCUT2D eigenvalue weighted by molar-refractivity contribution is 0.101. The van der Waals surface area contributed by atoms with Crippen molar-refractivity contribution >= 4 is 33.5 Å². The fourth-order valence-corrected chi connectivity index (χ4v) is 3.78. The second-order valence-electron chi connectivity index (χ2n) is 5.23. The number of hydrogen-bond acceptors (Lipinski definition) is 6. The summed E-state index contributed by atoms with van der Waals surface area (Å²) in [4.78, 5) is 16.1. The summed E-state index contributed by atoms with van der Waals surface area (Å²) in [6.45, 7) is 3.24. The van der Waals surface area contributed by atoms with Crippen LogP contribution in [-0.4, -0.2) is 25.0 Å². The van der Waals surface area contributed by atoms with Crippen LogP contribution in [0.4, 0.5) is 0 Å². The first kappa shape index (κ1) is 19.3. The Hall–Kier alpha value is -2.04. The van der Waals surface area contributed by atoms with Gasteiger partial charge in [-0.25, -0.2) is 4.98 Å². The van der Waals surface area contributed by atoms with Gasteiger partial charge in [0, 0.05) is 22.6 Å². The molecule has 0 N–H and O–H groups in total. The molecule has 2 aromatic rings. The molecule has 0 radical (unpaired) electrons. The molecule has 0 saturated heterocycles. The van der Waals surface area contributed by atoms with E-state index in [1.54, 1.807) is 27.2 Å². The van der Waals surface area contributed by atoms with E-state index in [0.717, 1.165) is 15.8 Å². The van der Waals surface area contributed by atoms with Crippen LogP contribution in [0, 0.1) is 18.3 Å². The Morgan fingerprint density at radius 1 is 1.28 bits per heavy atom. The molecule has 25 heavy (non-hydrogen) atoms. The number of Topliss-reactive ketones (excluding diaryl/α,β-unsaturated/α-hetero) is 1. The maximum atomic E-state index is 11.6. The minimum absolute atomic E-state index is 0.0997. The van der Waals surface area contributed by atoms with E-state index < -0.39 is 0 Å². The third-order valence-corrected chi connectivity index (χ3v) is 5.26. The molecule has 0 aliphatic heterocycles. The van der Waals surface area contributed by atoms with Gasteiger partial charge in [-0.3, -0.25) is 4.79 Å². The highest BCUT2D eigenvalue weighted by Gasteiger charge is 2.15. The molecule has 0 amide bonds. The highest BCUT2D eigenvalue weighted by Crippen LogP contribution is 2.36. The number of benzene rings is 1. The van der Waals surface area contributed by atoms with E-state index in [1.807, 2.05) is 12.1 Å². The van der Waals surface area contributed by atoms with E-state index >= 15 is 0 Å². The molecule has 0 unspecified atom stereocenters. The number of methoxy groups -OCH3 is 2. The number of ketones is 1. The van der Waals surface area contributed by atoms with Gasteiger partial charge in [0.05, 0.1) is 24.3 Å². The zero-order chi connectivity index (χ0) is 18.6. The average Bonchev–Trinajstić information content (AvgIpc) is 2.59. The van der Waals surface area contributed by atoms with Crippen molar-refractivity contribution in [3.8, 4) is 17.6 Å². The van der Waals surface area contributed by atoms with E-state index in [1.165, 1.54) is 18.7 Å². The van der Waals surface area contributed by atoms with Gasteiger partial charge < -0.3 is 9.47 Å². The highest BCUT2D eigenvalue weighted by molar-refractivity contribution is 9.10. The van der Waals surface area contributed by atoms with Gasteiger partial charge in [0.1, 0.15) is 22.6 Å². The van der Waals surface area contributed by atoms with Gasteiger partial charge in [0.15, 0.2) is 5.78 Å². The van der Waals surface area contributed by atoms with Gasteiger partial charge in [-0.2, -0.15) is 5.26 Å². The minimum Gasteiger partial charge on any atom is -0.496 e. The molecular weight excluding hydrogens is 404 g/mol. The molecule has 0 aliphatic rings. The van der Waals surface area contributed by atoms with E-state index in [9.17, 15) is 10.1 Å². The van der Waals surface area contributed by atoms with E-state index in [0.29, 0.717) is 33.3 Å². The Morgan fingerprint density at radius 3 is 2.52 bits per heavy atom. The van der Waals surface area contributed by atoms with Crippen molar-refractivity contribution in [3.05, 3.63) is 45.1 Å². The lowest BCUT2D eigenvalue weighted by Crippen LogP contribution is -2.02. The van der Waals surface area contributed by atoms with Crippen molar-refractivity contribution in [2.75, 3.05) is 14.2 Å². The number of hydrogen-bond donors (Lipinski definition) is 0. The van der Waals surface area contributed by atoms with E-state index in [4.69, 9.17) is 9.47 Å². The predicted molar refractivity (Wildman–Crippen MR) is 101 cm³/mol. The summed E-state index contributed by atoms with van der Waals surface area (Å²) in [6, 6.07) is 7.45. The van der Waals surface area contributed by atoms with Crippen molar-refractivity contribution in [2.24, 2.45) is 0 Å². The van der Waals surface area contributed by atoms with Crippen molar-refractivity contribution in [1.29, 1.82) is 5.26 Å². The Bertz CT molecular complexity index is 862. The molecule has 0 bridgehead atoms. The van der Waals surface area contributed by atoms with Crippen molar-refractivity contribution < 1.29 is 14.3 Å². The molecule has 0 atom stereocenters. The molecular formula is C18H17BrN2O3S. The number of aromatic nitrogens is 1. The maximum Gasteiger partial charge on any atom is 0.161 e. The number of pyridine rings is 1. The Balaban J connectivity index is 2.35. The number of rotatable bonds is 6. The third kappa shape index (κ3) is 4.33. The number of aryl methyl sites for hydroxylation is 1. The van der Waals surface area contributed by atoms with Crippen molar-refractivity contribution in [1.82, 2.24) is 4.98 Å². The van der Waals surface area contributed by atoms with Crippen LogP contribution in [0.25, 0.3) is 0 Å². The maximum absolute atomic E-state index is 11.6. The summed E-state index contributed by atoms with van der Waals surface area (Å²) in [5, 5.41) is 9.96. The summed E-state index contributed by atoms with van der Waals surface area (Å²) < 4.78 is 11.5. The molecule has 0 spiro atoms. The van der Waals surface area contributed by atoms with Crippen LogP contribution in [-0.2, 0) is 5.75 Å². The molecule has 0 aliphatic carbocycles.